The average Bonchev–Trinajstić information content (AvgIpc) is 2.62. The molecular weight excluding hydrogens is 302 g/mol. The van der Waals surface area contributed by atoms with Crippen LogP contribution in [0.3, 0.4) is 0 Å². The highest BCUT2D eigenvalue weighted by Crippen LogP contribution is 2.26. The van der Waals surface area contributed by atoms with Gasteiger partial charge in [0.15, 0.2) is 0 Å². The molecule has 4 nitrogen and oxygen atoms in total. The largest absolute Gasteiger partial charge is 0.497 e. The number of methoxy groups -OCH3 is 1. The fourth-order valence-corrected chi connectivity index (χ4v) is 3.54. The van der Waals surface area contributed by atoms with Crippen molar-refractivity contribution in [1.29, 1.82) is 0 Å². The lowest BCUT2D eigenvalue weighted by Crippen LogP contribution is -2.38. The van der Waals surface area contributed by atoms with Crippen molar-refractivity contribution in [3.05, 3.63) is 42.0 Å². The SMILES string of the molecule is COc1ccc2cccc(CC(=O)NC3CCC(CO)CC3)c2c1. The molecule has 0 heterocycles. The van der Waals surface area contributed by atoms with Gasteiger partial charge in [0, 0.05) is 12.6 Å². The van der Waals surface area contributed by atoms with E-state index in [1.165, 1.54) is 0 Å². The Hall–Kier alpha value is -2.07. The first-order valence-electron chi connectivity index (χ1n) is 8.65. The van der Waals surface area contributed by atoms with E-state index in [-0.39, 0.29) is 18.6 Å². The zero-order valence-corrected chi connectivity index (χ0v) is 14.1. The van der Waals surface area contributed by atoms with Crippen molar-refractivity contribution in [2.75, 3.05) is 13.7 Å². The van der Waals surface area contributed by atoms with E-state index in [1.807, 2.05) is 36.4 Å². The quantitative estimate of drug-likeness (QED) is 0.887. The smallest absolute Gasteiger partial charge is 0.224 e. The number of carbonyl (C=O) groups excluding carboxylic acids is 1. The summed E-state index contributed by atoms with van der Waals surface area (Å²) in [6, 6.07) is 12.2. The summed E-state index contributed by atoms with van der Waals surface area (Å²) in [4.78, 5) is 12.4. The Morgan fingerprint density at radius 2 is 2.00 bits per heavy atom. The van der Waals surface area contributed by atoms with Gasteiger partial charge < -0.3 is 15.2 Å². The lowest BCUT2D eigenvalue weighted by Gasteiger charge is -2.28. The highest BCUT2D eigenvalue weighted by atomic mass is 16.5. The minimum Gasteiger partial charge on any atom is -0.497 e. The summed E-state index contributed by atoms with van der Waals surface area (Å²) in [5.74, 6) is 1.28. The first-order valence-corrected chi connectivity index (χ1v) is 8.65. The summed E-state index contributed by atoms with van der Waals surface area (Å²) >= 11 is 0. The van der Waals surface area contributed by atoms with Crippen LogP contribution >= 0.6 is 0 Å². The Labute approximate surface area is 142 Å². The molecule has 2 aromatic carbocycles. The van der Waals surface area contributed by atoms with Crippen LogP contribution in [0.5, 0.6) is 5.75 Å². The van der Waals surface area contributed by atoms with Crippen LogP contribution in [-0.2, 0) is 11.2 Å². The molecule has 0 aliphatic heterocycles. The van der Waals surface area contributed by atoms with Gasteiger partial charge in [-0.25, -0.2) is 0 Å². The standard InChI is InChI=1S/C20H25NO3/c1-24-18-10-7-15-3-2-4-16(19(15)12-18)11-20(23)21-17-8-5-14(13-22)6-9-17/h2-4,7,10,12,14,17,22H,5-6,8-9,11,13H2,1H3,(H,21,23). The average molecular weight is 327 g/mol. The number of aliphatic hydroxyl groups is 1. The molecule has 1 amide bonds. The zero-order chi connectivity index (χ0) is 16.9. The highest BCUT2D eigenvalue weighted by molar-refractivity contribution is 5.91. The van der Waals surface area contributed by atoms with Gasteiger partial charge in [-0.2, -0.15) is 0 Å². The van der Waals surface area contributed by atoms with E-state index in [0.717, 1.165) is 47.8 Å². The fraction of sp³-hybridized carbons (Fsp3) is 0.450. The highest BCUT2D eigenvalue weighted by Gasteiger charge is 2.22. The maximum atomic E-state index is 12.4. The van der Waals surface area contributed by atoms with E-state index in [9.17, 15) is 9.90 Å². The van der Waals surface area contributed by atoms with Gasteiger partial charge in [-0.1, -0.05) is 24.3 Å². The predicted octanol–water partition coefficient (Wildman–Crippen LogP) is 3.06. The van der Waals surface area contributed by atoms with Crippen molar-refractivity contribution >= 4 is 16.7 Å². The van der Waals surface area contributed by atoms with E-state index in [4.69, 9.17) is 4.74 Å². The lowest BCUT2D eigenvalue weighted by molar-refractivity contribution is -0.121. The Morgan fingerprint density at radius 1 is 1.21 bits per heavy atom. The monoisotopic (exact) mass is 327 g/mol. The minimum atomic E-state index is 0.0674. The molecule has 3 rings (SSSR count). The fourth-order valence-electron chi connectivity index (χ4n) is 3.54. The molecule has 0 atom stereocenters. The number of rotatable bonds is 5. The van der Waals surface area contributed by atoms with Crippen molar-refractivity contribution in [3.63, 3.8) is 0 Å². The van der Waals surface area contributed by atoms with Gasteiger partial charge in [0.05, 0.1) is 13.5 Å². The van der Waals surface area contributed by atoms with Crippen molar-refractivity contribution in [2.24, 2.45) is 5.92 Å². The maximum absolute atomic E-state index is 12.4. The normalized spacial score (nSPS) is 20.8. The molecule has 1 aliphatic rings. The number of nitrogens with one attached hydrogen (secondary N) is 1. The van der Waals surface area contributed by atoms with Crippen LogP contribution in [0, 0.1) is 5.92 Å². The van der Waals surface area contributed by atoms with Crippen LogP contribution in [0.25, 0.3) is 10.8 Å². The van der Waals surface area contributed by atoms with E-state index >= 15 is 0 Å². The van der Waals surface area contributed by atoms with Gasteiger partial charge in [-0.3, -0.25) is 4.79 Å². The van der Waals surface area contributed by atoms with E-state index < -0.39 is 0 Å². The molecule has 0 bridgehead atoms. The Kier molecular flexibility index (Phi) is 5.36. The topological polar surface area (TPSA) is 58.6 Å². The summed E-state index contributed by atoms with van der Waals surface area (Å²) in [5, 5.41) is 14.5. The molecule has 1 aliphatic carbocycles. The Morgan fingerprint density at radius 3 is 2.71 bits per heavy atom. The second-order valence-corrected chi connectivity index (χ2v) is 6.65. The first-order chi connectivity index (χ1) is 11.7. The second kappa shape index (κ2) is 7.67. The van der Waals surface area contributed by atoms with Gasteiger partial charge in [0.1, 0.15) is 5.75 Å². The molecule has 0 radical (unpaired) electrons. The van der Waals surface area contributed by atoms with Gasteiger partial charge in [0.2, 0.25) is 5.91 Å². The third kappa shape index (κ3) is 3.88. The minimum absolute atomic E-state index is 0.0674. The number of hydrogen-bond acceptors (Lipinski definition) is 3. The van der Waals surface area contributed by atoms with Crippen molar-refractivity contribution in [1.82, 2.24) is 5.32 Å². The van der Waals surface area contributed by atoms with Crippen LogP contribution in [0.1, 0.15) is 31.2 Å². The number of hydrogen-bond donors (Lipinski definition) is 2. The molecule has 1 fully saturated rings. The predicted molar refractivity (Wildman–Crippen MR) is 95.2 cm³/mol. The number of benzene rings is 2. The Balaban J connectivity index is 1.67. The maximum Gasteiger partial charge on any atom is 0.224 e. The summed E-state index contributed by atoms with van der Waals surface area (Å²) in [5.41, 5.74) is 1.02. The number of ether oxygens (including phenoxy) is 1. The zero-order valence-electron chi connectivity index (χ0n) is 14.1. The summed E-state index contributed by atoms with van der Waals surface area (Å²) < 4.78 is 5.30. The molecule has 2 aromatic rings. The summed E-state index contributed by atoms with van der Waals surface area (Å²) in [6.07, 6.45) is 4.28. The van der Waals surface area contributed by atoms with Crippen molar-refractivity contribution in [3.8, 4) is 5.75 Å². The molecule has 24 heavy (non-hydrogen) atoms. The number of aliphatic hydroxyl groups excluding tert-OH is 1. The third-order valence-corrected chi connectivity index (χ3v) is 5.00. The van der Waals surface area contributed by atoms with Gasteiger partial charge >= 0.3 is 0 Å². The molecule has 2 N–H and O–H groups in total. The molecule has 4 heteroatoms. The summed E-state index contributed by atoms with van der Waals surface area (Å²) in [7, 11) is 1.65. The molecule has 0 saturated heterocycles. The van der Waals surface area contributed by atoms with Crippen molar-refractivity contribution in [2.45, 2.75) is 38.1 Å². The van der Waals surface area contributed by atoms with Crippen molar-refractivity contribution < 1.29 is 14.6 Å². The van der Waals surface area contributed by atoms with Crippen LogP contribution in [0.2, 0.25) is 0 Å². The third-order valence-electron chi connectivity index (χ3n) is 5.00. The van der Waals surface area contributed by atoms with E-state index in [2.05, 4.69) is 5.32 Å². The first kappa shape index (κ1) is 16.8. The molecule has 0 aromatic heterocycles. The van der Waals surface area contributed by atoms with E-state index in [1.54, 1.807) is 7.11 Å². The van der Waals surface area contributed by atoms with Gasteiger partial charge in [0.25, 0.3) is 0 Å². The second-order valence-electron chi connectivity index (χ2n) is 6.65. The molecule has 0 spiro atoms. The van der Waals surface area contributed by atoms with Crippen LogP contribution in [0.15, 0.2) is 36.4 Å². The van der Waals surface area contributed by atoms with Crippen LogP contribution < -0.4 is 10.1 Å². The summed E-state index contributed by atoms with van der Waals surface area (Å²) in [6.45, 7) is 0.262. The van der Waals surface area contributed by atoms with Crippen LogP contribution in [0.4, 0.5) is 0 Å². The van der Waals surface area contributed by atoms with E-state index in [0.29, 0.717) is 12.3 Å². The Bertz CT molecular complexity index is 705. The number of fused-ring (bicyclic) bond motifs is 1. The lowest BCUT2D eigenvalue weighted by atomic mass is 9.86. The van der Waals surface area contributed by atoms with Crippen LogP contribution in [-0.4, -0.2) is 30.8 Å². The number of carbonyl (C=O) groups is 1. The molecule has 1 saturated carbocycles. The molecule has 128 valence electrons. The number of amides is 1. The molecular formula is C20H25NO3. The van der Waals surface area contributed by atoms with Gasteiger partial charge in [-0.15, -0.1) is 0 Å². The van der Waals surface area contributed by atoms with Gasteiger partial charge in [-0.05, 0) is 60.1 Å². The molecule has 0 unspecified atom stereocenters.